The predicted molar refractivity (Wildman–Crippen MR) is 74.9 cm³/mol. The molecule has 1 fully saturated rings. The molecule has 1 aliphatic rings. The fraction of sp³-hybridized carbons (Fsp3) is 0.571. The zero-order valence-corrected chi connectivity index (χ0v) is 11.8. The minimum absolute atomic E-state index is 0.296. The van der Waals surface area contributed by atoms with E-state index in [-0.39, 0.29) is 0 Å². The first kappa shape index (κ1) is 13.8. The van der Waals surface area contributed by atoms with Crippen molar-refractivity contribution in [3.05, 3.63) is 23.5 Å². The summed E-state index contributed by atoms with van der Waals surface area (Å²) in [6, 6.07) is 2.35. The molecule has 1 N–H and O–H groups in total. The molecule has 0 spiro atoms. The number of likely N-dealkylation sites (N-methyl/N-ethyl adjacent to an activating group) is 1. The first-order valence-corrected chi connectivity index (χ1v) is 6.60. The number of hydrogen-bond acceptors (Lipinski definition) is 4. The maximum absolute atomic E-state index is 11.3. The molecule has 1 aromatic heterocycles. The van der Waals surface area contributed by atoms with Crippen LogP contribution < -0.4 is 4.90 Å². The van der Waals surface area contributed by atoms with Crippen molar-refractivity contribution >= 4 is 11.7 Å². The molecule has 1 atom stereocenters. The highest BCUT2D eigenvalue weighted by Crippen LogP contribution is 2.25. The lowest BCUT2D eigenvalue weighted by Crippen LogP contribution is -2.45. The van der Waals surface area contributed by atoms with Gasteiger partial charge in [0.05, 0.1) is 5.69 Å². The highest BCUT2D eigenvalue weighted by atomic mass is 16.4. The molecular formula is C14H21N3O2. The predicted octanol–water partition coefficient (Wildman–Crippen LogP) is 1.62. The van der Waals surface area contributed by atoms with Gasteiger partial charge in [0, 0.05) is 31.0 Å². The Balaban J connectivity index is 2.30. The van der Waals surface area contributed by atoms with Gasteiger partial charge in [-0.1, -0.05) is 0 Å². The Hall–Kier alpha value is -1.62. The maximum atomic E-state index is 11.3. The molecule has 104 valence electrons. The Morgan fingerprint density at radius 1 is 1.53 bits per heavy atom. The molecule has 1 saturated heterocycles. The van der Waals surface area contributed by atoms with Gasteiger partial charge in [-0.2, -0.15) is 0 Å². The van der Waals surface area contributed by atoms with Crippen molar-refractivity contribution in [3.63, 3.8) is 0 Å². The van der Waals surface area contributed by atoms with Crippen molar-refractivity contribution in [3.8, 4) is 0 Å². The molecule has 0 saturated carbocycles. The summed E-state index contributed by atoms with van der Waals surface area (Å²) in [4.78, 5) is 19.8. The number of aromatic carboxylic acids is 1. The SMILES string of the molecule is Cc1cc(N2CCCC(N(C)C)C2)c(C(=O)O)cn1. The molecule has 2 rings (SSSR count). The number of anilines is 1. The van der Waals surface area contributed by atoms with Crippen molar-refractivity contribution in [1.29, 1.82) is 0 Å². The zero-order chi connectivity index (χ0) is 14.0. The number of aromatic nitrogens is 1. The molecule has 0 aromatic carbocycles. The van der Waals surface area contributed by atoms with E-state index < -0.39 is 5.97 Å². The van der Waals surface area contributed by atoms with Gasteiger partial charge >= 0.3 is 5.97 Å². The largest absolute Gasteiger partial charge is 0.478 e. The molecule has 2 heterocycles. The van der Waals surface area contributed by atoms with Crippen LogP contribution in [0.4, 0.5) is 5.69 Å². The van der Waals surface area contributed by atoms with Gasteiger partial charge in [0.15, 0.2) is 0 Å². The quantitative estimate of drug-likeness (QED) is 0.898. The van der Waals surface area contributed by atoms with E-state index in [4.69, 9.17) is 0 Å². The maximum Gasteiger partial charge on any atom is 0.339 e. The molecule has 0 bridgehead atoms. The molecule has 0 aliphatic carbocycles. The number of rotatable bonds is 3. The molecule has 19 heavy (non-hydrogen) atoms. The highest BCUT2D eigenvalue weighted by Gasteiger charge is 2.24. The number of aryl methyl sites for hydroxylation is 1. The number of nitrogens with zero attached hydrogens (tertiary/aromatic N) is 3. The highest BCUT2D eigenvalue weighted by molar-refractivity contribution is 5.94. The van der Waals surface area contributed by atoms with Gasteiger partial charge in [-0.05, 0) is 39.9 Å². The standard InChI is InChI=1S/C14H21N3O2/c1-10-7-13(12(8-15-10)14(18)19)17-6-4-5-11(9-17)16(2)3/h7-8,11H,4-6,9H2,1-3H3,(H,18,19). The second-order valence-corrected chi connectivity index (χ2v) is 5.35. The number of piperidine rings is 1. The molecule has 0 amide bonds. The average molecular weight is 263 g/mol. The molecule has 5 heteroatoms. The molecular weight excluding hydrogens is 242 g/mol. The van der Waals surface area contributed by atoms with E-state index in [0.29, 0.717) is 11.6 Å². The Morgan fingerprint density at radius 3 is 2.89 bits per heavy atom. The second-order valence-electron chi connectivity index (χ2n) is 5.35. The molecule has 1 aliphatic heterocycles. The molecule has 0 radical (unpaired) electrons. The van der Waals surface area contributed by atoms with Gasteiger partial charge in [-0.3, -0.25) is 4.98 Å². The van der Waals surface area contributed by atoms with E-state index in [1.54, 1.807) is 0 Å². The monoisotopic (exact) mass is 263 g/mol. The van der Waals surface area contributed by atoms with Crippen LogP contribution in [0.2, 0.25) is 0 Å². The second kappa shape index (κ2) is 5.57. The van der Waals surface area contributed by atoms with Crippen LogP contribution in [-0.4, -0.2) is 54.2 Å². The van der Waals surface area contributed by atoms with Crippen molar-refractivity contribution in [2.75, 3.05) is 32.1 Å². The van der Waals surface area contributed by atoms with E-state index in [1.165, 1.54) is 6.20 Å². The number of hydrogen-bond donors (Lipinski definition) is 1. The fourth-order valence-corrected chi connectivity index (χ4v) is 2.57. The molecule has 1 aromatic rings. The summed E-state index contributed by atoms with van der Waals surface area (Å²) >= 11 is 0. The zero-order valence-electron chi connectivity index (χ0n) is 11.8. The smallest absolute Gasteiger partial charge is 0.339 e. The van der Waals surface area contributed by atoms with Crippen molar-refractivity contribution in [1.82, 2.24) is 9.88 Å². The fourth-order valence-electron chi connectivity index (χ4n) is 2.57. The number of pyridine rings is 1. The Kier molecular flexibility index (Phi) is 4.04. The lowest BCUT2D eigenvalue weighted by molar-refractivity contribution is 0.0697. The van der Waals surface area contributed by atoms with Crippen LogP contribution >= 0.6 is 0 Å². The van der Waals surface area contributed by atoms with Crippen molar-refractivity contribution in [2.24, 2.45) is 0 Å². The number of carbonyl (C=O) groups is 1. The number of carboxylic acid groups (broad SMARTS) is 1. The van der Waals surface area contributed by atoms with Gasteiger partial charge in [0.2, 0.25) is 0 Å². The topological polar surface area (TPSA) is 56.7 Å². The summed E-state index contributed by atoms with van der Waals surface area (Å²) < 4.78 is 0. The van der Waals surface area contributed by atoms with Gasteiger partial charge in [0.1, 0.15) is 5.56 Å². The van der Waals surface area contributed by atoms with Gasteiger partial charge in [0.25, 0.3) is 0 Å². The third kappa shape index (κ3) is 3.04. The van der Waals surface area contributed by atoms with Crippen molar-refractivity contribution < 1.29 is 9.90 Å². The Labute approximate surface area is 113 Å². The van der Waals surface area contributed by atoms with E-state index in [2.05, 4.69) is 28.9 Å². The minimum atomic E-state index is -0.908. The Bertz CT molecular complexity index is 474. The van der Waals surface area contributed by atoms with Crippen LogP contribution in [0.25, 0.3) is 0 Å². The minimum Gasteiger partial charge on any atom is -0.478 e. The first-order chi connectivity index (χ1) is 8.99. The normalized spacial score (nSPS) is 19.8. The van der Waals surface area contributed by atoms with E-state index >= 15 is 0 Å². The van der Waals surface area contributed by atoms with Gasteiger partial charge in [-0.25, -0.2) is 4.79 Å². The van der Waals surface area contributed by atoms with Crippen LogP contribution in [0, 0.1) is 6.92 Å². The first-order valence-electron chi connectivity index (χ1n) is 6.60. The molecule has 5 nitrogen and oxygen atoms in total. The van der Waals surface area contributed by atoms with E-state index in [1.807, 2.05) is 13.0 Å². The summed E-state index contributed by atoms with van der Waals surface area (Å²) in [5.74, 6) is -0.908. The average Bonchev–Trinajstić information content (AvgIpc) is 2.38. The van der Waals surface area contributed by atoms with Crippen LogP contribution in [0.1, 0.15) is 28.9 Å². The summed E-state index contributed by atoms with van der Waals surface area (Å²) in [5.41, 5.74) is 1.95. The van der Waals surface area contributed by atoms with Crippen LogP contribution in [-0.2, 0) is 0 Å². The summed E-state index contributed by atoms with van der Waals surface area (Å²) in [7, 11) is 4.15. The van der Waals surface area contributed by atoms with Gasteiger partial charge in [-0.15, -0.1) is 0 Å². The van der Waals surface area contributed by atoms with Crippen LogP contribution in [0.5, 0.6) is 0 Å². The lowest BCUT2D eigenvalue weighted by Gasteiger charge is -2.38. The van der Waals surface area contributed by atoms with E-state index in [9.17, 15) is 9.90 Å². The van der Waals surface area contributed by atoms with E-state index in [0.717, 1.165) is 37.3 Å². The van der Waals surface area contributed by atoms with Gasteiger partial charge < -0.3 is 14.9 Å². The summed E-state index contributed by atoms with van der Waals surface area (Å²) in [6.07, 6.45) is 3.71. The van der Waals surface area contributed by atoms with Crippen molar-refractivity contribution in [2.45, 2.75) is 25.8 Å². The molecule has 1 unspecified atom stereocenters. The summed E-state index contributed by atoms with van der Waals surface area (Å²) in [5, 5.41) is 9.29. The van der Waals surface area contributed by atoms with Crippen LogP contribution in [0.3, 0.4) is 0 Å². The third-order valence-corrected chi connectivity index (χ3v) is 3.72. The summed E-state index contributed by atoms with van der Waals surface area (Å²) in [6.45, 7) is 3.67. The third-order valence-electron chi connectivity index (χ3n) is 3.72. The van der Waals surface area contributed by atoms with Crippen LogP contribution in [0.15, 0.2) is 12.3 Å². The Morgan fingerprint density at radius 2 is 2.26 bits per heavy atom. The number of carboxylic acids is 1. The lowest BCUT2D eigenvalue weighted by atomic mass is 10.0.